The summed E-state index contributed by atoms with van der Waals surface area (Å²) in [6.07, 6.45) is 6.41. The number of benzene rings is 6. The molecule has 2 aromatic heterocycles. The molecule has 2 heterocycles. The van der Waals surface area contributed by atoms with E-state index in [1.165, 1.54) is 0 Å². The van der Waals surface area contributed by atoms with Crippen LogP contribution in [0.3, 0.4) is 0 Å². The van der Waals surface area contributed by atoms with Crippen LogP contribution < -0.4 is 0 Å². The highest BCUT2D eigenvalue weighted by Crippen LogP contribution is 2.35. The number of hydrogen-bond donors (Lipinski definition) is 0. The average molecular weight is 677 g/mol. The van der Waals surface area contributed by atoms with Gasteiger partial charge in [0.25, 0.3) is 0 Å². The topological polar surface area (TPSA) is 51.6 Å². The summed E-state index contributed by atoms with van der Waals surface area (Å²) in [6.45, 7) is 0. The molecule has 0 bridgehead atoms. The number of pyridine rings is 1. The molecular formula is C49H32N4. The van der Waals surface area contributed by atoms with Gasteiger partial charge in [-0.15, -0.1) is 0 Å². The Morgan fingerprint density at radius 1 is 0.415 bits per heavy atom. The van der Waals surface area contributed by atoms with Crippen molar-refractivity contribution in [3.05, 3.63) is 188 Å². The predicted molar refractivity (Wildman–Crippen MR) is 217 cm³/mol. The van der Waals surface area contributed by atoms with Gasteiger partial charge in [0.2, 0.25) is 0 Å². The van der Waals surface area contributed by atoms with Crippen LogP contribution in [0.25, 0.3) is 83.9 Å². The SMILES string of the molecule is C1#CCC(c2nc(-c3ccccc3)nc(-c3ccc4cccc(-c5ccc(-c6cc(-c7ccccc7)nc(-c7ccccc7)c6)cc5)c4c3)n2)=CC=C1. The highest BCUT2D eigenvalue weighted by atomic mass is 15.0. The molecular weight excluding hydrogens is 645 g/mol. The molecule has 0 fully saturated rings. The fourth-order valence-corrected chi connectivity index (χ4v) is 6.71. The fraction of sp³-hybridized carbons (Fsp3) is 0.0204. The van der Waals surface area contributed by atoms with Crippen LogP contribution in [-0.4, -0.2) is 19.9 Å². The first-order valence-corrected chi connectivity index (χ1v) is 17.7. The van der Waals surface area contributed by atoms with E-state index in [-0.39, 0.29) is 0 Å². The quantitative estimate of drug-likeness (QED) is 0.158. The molecule has 0 unspecified atom stereocenters. The highest BCUT2D eigenvalue weighted by molar-refractivity contribution is 5.99. The summed E-state index contributed by atoms with van der Waals surface area (Å²) in [5.41, 5.74) is 11.4. The average Bonchev–Trinajstić information content (AvgIpc) is 3.54. The summed E-state index contributed by atoms with van der Waals surface area (Å²) < 4.78 is 0. The summed E-state index contributed by atoms with van der Waals surface area (Å²) in [5, 5.41) is 2.28. The zero-order valence-electron chi connectivity index (χ0n) is 28.8. The molecule has 1 aliphatic carbocycles. The third-order valence-corrected chi connectivity index (χ3v) is 9.45. The molecule has 0 atom stereocenters. The number of nitrogens with zero attached hydrogens (tertiary/aromatic N) is 4. The lowest BCUT2D eigenvalue weighted by Gasteiger charge is -2.13. The molecule has 1 aliphatic rings. The van der Waals surface area contributed by atoms with E-state index in [9.17, 15) is 0 Å². The van der Waals surface area contributed by atoms with Crippen LogP contribution in [0.15, 0.2) is 182 Å². The Labute approximate surface area is 309 Å². The van der Waals surface area contributed by atoms with E-state index in [2.05, 4.69) is 133 Å². The van der Waals surface area contributed by atoms with Crippen molar-refractivity contribution < 1.29 is 0 Å². The Balaban J connectivity index is 1.11. The normalized spacial score (nSPS) is 12.1. The third-order valence-electron chi connectivity index (χ3n) is 9.45. The van der Waals surface area contributed by atoms with Crippen LogP contribution in [0.1, 0.15) is 12.2 Å². The van der Waals surface area contributed by atoms with E-state index in [1.54, 1.807) is 0 Å². The Hall–Kier alpha value is -7.22. The Bertz CT molecular complexity index is 2660. The maximum absolute atomic E-state index is 5.06. The van der Waals surface area contributed by atoms with Gasteiger partial charge in [0.1, 0.15) is 0 Å². The van der Waals surface area contributed by atoms with Gasteiger partial charge in [-0.05, 0) is 57.3 Å². The first kappa shape index (κ1) is 31.7. The van der Waals surface area contributed by atoms with Crippen LogP contribution in [0.4, 0.5) is 0 Å². The number of aromatic nitrogens is 4. The van der Waals surface area contributed by atoms with Crippen LogP contribution in [0.5, 0.6) is 0 Å². The van der Waals surface area contributed by atoms with Gasteiger partial charge >= 0.3 is 0 Å². The third kappa shape index (κ3) is 6.68. The number of hydrogen-bond acceptors (Lipinski definition) is 4. The molecule has 0 radical (unpaired) electrons. The van der Waals surface area contributed by atoms with Gasteiger partial charge in [-0.25, -0.2) is 19.9 Å². The fourth-order valence-electron chi connectivity index (χ4n) is 6.71. The molecule has 8 aromatic rings. The molecule has 6 aromatic carbocycles. The van der Waals surface area contributed by atoms with E-state index >= 15 is 0 Å². The van der Waals surface area contributed by atoms with Gasteiger partial charge in [-0.3, -0.25) is 0 Å². The van der Waals surface area contributed by atoms with Gasteiger partial charge < -0.3 is 0 Å². The number of rotatable bonds is 7. The first-order chi connectivity index (χ1) is 26.2. The predicted octanol–water partition coefficient (Wildman–Crippen LogP) is 11.8. The molecule has 248 valence electrons. The molecule has 0 amide bonds. The minimum Gasteiger partial charge on any atom is -0.248 e. The number of fused-ring (bicyclic) bond motifs is 1. The Morgan fingerprint density at radius 2 is 1.00 bits per heavy atom. The van der Waals surface area contributed by atoms with E-state index in [0.717, 1.165) is 72.2 Å². The van der Waals surface area contributed by atoms with E-state index in [0.29, 0.717) is 23.9 Å². The maximum Gasteiger partial charge on any atom is 0.164 e. The molecule has 4 nitrogen and oxygen atoms in total. The standard InChI is InChI=1S/C49H32N4/c1-2-7-20-39(19-6-1)47-51-48(40-21-12-5-13-22-40)53-49(52-47)41-30-29-35-23-14-24-43(44(35)31-41)36-27-25-34(26-28-36)42-32-45(37-15-8-3-9-16-37)50-46(33-42)38-17-10-4-11-18-38/h1,3-6,8-19,21-33H,20H2. The minimum absolute atomic E-state index is 0.573. The van der Waals surface area contributed by atoms with Gasteiger partial charge in [-0.1, -0.05) is 170 Å². The number of allylic oxidation sites excluding steroid dienone is 4. The molecule has 0 spiro atoms. The van der Waals surface area contributed by atoms with Crippen molar-refractivity contribution in [2.45, 2.75) is 6.42 Å². The first-order valence-electron chi connectivity index (χ1n) is 17.7. The summed E-state index contributed by atoms with van der Waals surface area (Å²) in [4.78, 5) is 20.0. The van der Waals surface area contributed by atoms with E-state index in [4.69, 9.17) is 19.9 Å². The monoisotopic (exact) mass is 676 g/mol. The lowest BCUT2D eigenvalue weighted by atomic mass is 9.94. The van der Waals surface area contributed by atoms with Crippen molar-refractivity contribution in [2.24, 2.45) is 0 Å². The van der Waals surface area contributed by atoms with Crippen molar-refractivity contribution in [1.82, 2.24) is 19.9 Å². The second-order valence-electron chi connectivity index (χ2n) is 12.9. The summed E-state index contributed by atoms with van der Waals surface area (Å²) in [6, 6.07) is 56.9. The van der Waals surface area contributed by atoms with Gasteiger partial charge in [0, 0.05) is 34.2 Å². The van der Waals surface area contributed by atoms with Crippen molar-refractivity contribution in [2.75, 3.05) is 0 Å². The zero-order chi connectivity index (χ0) is 35.4. The molecule has 0 N–H and O–H groups in total. The molecule has 9 rings (SSSR count). The molecule has 4 heteroatoms. The van der Waals surface area contributed by atoms with Gasteiger partial charge in [-0.2, -0.15) is 0 Å². The highest BCUT2D eigenvalue weighted by Gasteiger charge is 2.15. The maximum atomic E-state index is 5.06. The lowest BCUT2D eigenvalue weighted by Crippen LogP contribution is -2.03. The molecule has 0 saturated heterocycles. The van der Waals surface area contributed by atoms with Crippen molar-refractivity contribution in [1.29, 1.82) is 0 Å². The van der Waals surface area contributed by atoms with Gasteiger partial charge in [0.15, 0.2) is 17.5 Å². The molecule has 0 saturated carbocycles. The largest absolute Gasteiger partial charge is 0.248 e. The summed E-state index contributed by atoms with van der Waals surface area (Å²) in [5.74, 6) is 8.15. The van der Waals surface area contributed by atoms with Crippen molar-refractivity contribution in [3.63, 3.8) is 0 Å². The second-order valence-corrected chi connectivity index (χ2v) is 12.9. The van der Waals surface area contributed by atoms with Crippen LogP contribution in [0, 0.1) is 11.8 Å². The summed E-state index contributed by atoms with van der Waals surface area (Å²) >= 11 is 0. The van der Waals surface area contributed by atoms with Crippen molar-refractivity contribution >= 4 is 16.3 Å². The van der Waals surface area contributed by atoms with Crippen LogP contribution in [0.2, 0.25) is 0 Å². The minimum atomic E-state index is 0.573. The smallest absolute Gasteiger partial charge is 0.164 e. The Kier molecular flexibility index (Phi) is 8.50. The van der Waals surface area contributed by atoms with E-state index in [1.807, 2.05) is 60.7 Å². The van der Waals surface area contributed by atoms with Gasteiger partial charge in [0.05, 0.1) is 11.4 Å². The van der Waals surface area contributed by atoms with E-state index < -0.39 is 0 Å². The molecule has 53 heavy (non-hydrogen) atoms. The second kappa shape index (κ2) is 14.2. The summed E-state index contributed by atoms with van der Waals surface area (Å²) in [7, 11) is 0. The zero-order valence-corrected chi connectivity index (χ0v) is 28.8. The van der Waals surface area contributed by atoms with Crippen LogP contribution >= 0.6 is 0 Å². The molecule has 0 aliphatic heterocycles. The lowest BCUT2D eigenvalue weighted by molar-refractivity contribution is 1.03. The van der Waals surface area contributed by atoms with Crippen molar-refractivity contribution in [3.8, 4) is 79.4 Å². The Morgan fingerprint density at radius 3 is 1.68 bits per heavy atom. The van der Waals surface area contributed by atoms with Crippen LogP contribution in [-0.2, 0) is 0 Å².